The van der Waals surface area contributed by atoms with Crippen molar-refractivity contribution in [1.82, 2.24) is 4.98 Å². The monoisotopic (exact) mass is 284 g/mol. The van der Waals surface area contributed by atoms with Gasteiger partial charge in [-0.2, -0.15) is 0 Å². The number of hydrogen-bond acceptors (Lipinski definition) is 3. The summed E-state index contributed by atoms with van der Waals surface area (Å²) in [5.74, 6) is 0.581. The van der Waals surface area contributed by atoms with Crippen LogP contribution in [0.3, 0.4) is 0 Å². The first kappa shape index (κ1) is 13.1. The standard InChI is InChI=1S/C16H16N2OS/c17-16(20)13-8-4-10-15(18-13)19-14-9-3-6-11-5-1-2-7-12(11)14/h1-2,4-5,7-8,10,14H,3,6,9H2,(H2,17,20). The number of nitrogens with two attached hydrogens (primary N) is 1. The van der Waals surface area contributed by atoms with Gasteiger partial charge < -0.3 is 10.5 Å². The topological polar surface area (TPSA) is 48.1 Å². The summed E-state index contributed by atoms with van der Waals surface area (Å²) < 4.78 is 6.05. The Balaban J connectivity index is 1.85. The van der Waals surface area contributed by atoms with Crippen LogP contribution in [-0.4, -0.2) is 9.97 Å². The highest BCUT2D eigenvalue weighted by molar-refractivity contribution is 7.80. The molecule has 0 radical (unpaired) electrons. The van der Waals surface area contributed by atoms with E-state index >= 15 is 0 Å². The Morgan fingerprint density at radius 3 is 2.90 bits per heavy atom. The lowest BCUT2D eigenvalue weighted by Gasteiger charge is -2.25. The van der Waals surface area contributed by atoms with Crippen molar-refractivity contribution in [3.05, 3.63) is 59.3 Å². The van der Waals surface area contributed by atoms with Gasteiger partial charge in [-0.3, -0.25) is 0 Å². The third-order valence-electron chi connectivity index (χ3n) is 3.55. The van der Waals surface area contributed by atoms with Gasteiger partial charge in [0.2, 0.25) is 5.88 Å². The van der Waals surface area contributed by atoms with Gasteiger partial charge in [0.25, 0.3) is 0 Å². The second-order valence-corrected chi connectivity index (χ2v) is 5.36. The fraction of sp³-hybridized carbons (Fsp3) is 0.250. The zero-order chi connectivity index (χ0) is 13.9. The molecule has 0 aliphatic heterocycles. The molecule has 1 aliphatic rings. The number of fused-ring (bicyclic) bond motifs is 1. The third-order valence-corrected chi connectivity index (χ3v) is 3.76. The van der Waals surface area contributed by atoms with E-state index in [-0.39, 0.29) is 6.10 Å². The van der Waals surface area contributed by atoms with Crippen molar-refractivity contribution >= 4 is 17.2 Å². The summed E-state index contributed by atoms with van der Waals surface area (Å²) in [5.41, 5.74) is 8.84. The van der Waals surface area contributed by atoms with E-state index in [1.165, 1.54) is 11.1 Å². The number of nitrogens with zero attached hydrogens (tertiary/aromatic N) is 1. The SMILES string of the molecule is NC(=S)c1cccc(OC2CCCc3ccccc32)n1. The maximum atomic E-state index is 6.05. The Labute approximate surface area is 123 Å². The molecule has 1 aromatic carbocycles. The number of ether oxygens (including phenoxy) is 1. The highest BCUT2D eigenvalue weighted by Gasteiger charge is 2.21. The lowest BCUT2D eigenvalue weighted by Crippen LogP contribution is -2.17. The fourth-order valence-corrected chi connectivity index (χ4v) is 2.71. The zero-order valence-corrected chi connectivity index (χ0v) is 11.9. The first-order valence-corrected chi connectivity index (χ1v) is 7.16. The van der Waals surface area contributed by atoms with Crippen molar-refractivity contribution in [3.63, 3.8) is 0 Å². The number of aryl methyl sites for hydroxylation is 1. The van der Waals surface area contributed by atoms with E-state index in [1.807, 2.05) is 12.1 Å². The van der Waals surface area contributed by atoms with Gasteiger partial charge in [0.1, 0.15) is 16.8 Å². The normalized spacial score (nSPS) is 17.3. The van der Waals surface area contributed by atoms with Crippen molar-refractivity contribution in [2.75, 3.05) is 0 Å². The highest BCUT2D eigenvalue weighted by Crippen LogP contribution is 2.32. The molecule has 2 aromatic rings. The molecule has 1 aliphatic carbocycles. The average molecular weight is 284 g/mol. The Morgan fingerprint density at radius 2 is 2.05 bits per heavy atom. The van der Waals surface area contributed by atoms with E-state index in [4.69, 9.17) is 22.7 Å². The summed E-state index contributed by atoms with van der Waals surface area (Å²) in [6.07, 6.45) is 3.33. The number of pyridine rings is 1. The van der Waals surface area contributed by atoms with Crippen molar-refractivity contribution in [3.8, 4) is 5.88 Å². The largest absolute Gasteiger partial charge is 0.469 e. The molecule has 0 amide bonds. The van der Waals surface area contributed by atoms with Gasteiger partial charge in [0, 0.05) is 6.07 Å². The van der Waals surface area contributed by atoms with Crippen molar-refractivity contribution in [2.24, 2.45) is 5.73 Å². The first-order chi connectivity index (χ1) is 9.74. The van der Waals surface area contributed by atoms with Crippen LogP contribution in [0.4, 0.5) is 0 Å². The Hall–Kier alpha value is -1.94. The van der Waals surface area contributed by atoms with Gasteiger partial charge >= 0.3 is 0 Å². The van der Waals surface area contributed by atoms with E-state index in [2.05, 4.69) is 29.2 Å². The van der Waals surface area contributed by atoms with Crippen LogP contribution in [0.25, 0.3) is 0 Å². The molecule has 3 rings (SSSR count). The van der Waals surface area contributed by atoms with Crippen LogP contribution in [0.1, 0.15) is 35.8 Å². The number of aromatic nitrogens is 1. The minimum absolute atomic E-state index is 0.0639. The first-order valence-electron chi connectivity index (χ1n) is 6.75. The van der Waals surface area contributed by atoms with E-state index in [1.54, 1.807) is 6.07 Å². The molecule has 20 heavy (non-hydrogen) atoms. The predicted octanol–water partition coefficient (Wildman–Crippen LogP) is 3.17. The second kappa shape index (κ2) is 5.59. The van der Waals surface area contributed by atoms with Gasteiger partial charge in [-0.15, -0.1) is 0 Å². The summed E-state index contributed by atoms with van der Waals surface area (Å²) in [7, 11) is 0. The van der Waals surface area contributed by atoms with E-state index in [0.717, 1.165) is 19.3 Å². The molecule has 0 spiro atoms. The van der Waals surface area contributed by atoms with E-state index < -0.39 is 0 Å². The van der Waals surface area contributed by atoms with Gasteiger partial charge in [0.15, 0.2) is 0 Å². The molecule has 1 unspecified atom stereocenters. The lowest BCUT2D eigenvalue weighted by molar-refractivity contribution is 0.175. The molecule has 3 nitrogen and oxygen atoms in total. The van der Waals surface area contributed by atoms with Crippen LogP contribution in [0.5, 0.6) is 5.88 Å². The molecule has 0 saturated carbocycles. The van der Waals surface area contributed by atoms with Crippen LogP contribution in [-0.2, 0) is 6.42 Å². The molecule has 0 fully saturated rings. The molecule has 102 valence electrons. The molecular formula is C16H16N2OS. The van der Waals surface area contributed by atoms with Crippen LogP contribution >= 0.6 is 12.2 Å². The maximum absolute atomic E-state index is 6.05. The molecular weight excluding hydrogens is 268 g/mol. The van der Waals surface area contributed by atoms with Crippen LogP contribution in [0.15, 0.2) is 42.5 Å². The Kier molecular flexibility index (Phi) is 3.65. The Morgan fingerprint density at radius 1 is 1.20 bits per heavy atom. The van der Waals surface area contributed by atoms with Crippen LogP contribution in [0.2, 0.25) is 0 Å². The average Bonchev–Trinajstić information content (AvgIpc) is 2.48. The number of hydrogen-bond donors (Lipinski definition) is 1. The minimum atomic E-state index is 0.0639. The minimum Gasteiger partial charge on any atom is -0.469 e. The quantitative estimate of drug-likeness (QED) is 0.879. The van der Waals surface area contributed by atoms with Gasteiger partial charge in [-0.25, -0.2) is 4.98 Å². The summed E-state index contributed by atoms with van der Waals surface area (Å²) >= 11 is 4.95. The molecule has 0 saturated heterocycles. The molecule has 1 heterocycles. The molecule has 4 heteroatoms. The van der Waals surface area contributed by atoms with E-state index in [0.29, 0.717) is 16.6 Å². The highest BCUT2D eigenvalue weighted by atomic mass is 32.1. The van der Waals surface area contributed by atoms with Crippen molar-refractivity contribution in [1.29, 1.82) is 0 Å². The summed E-state index contributed by atoms with van der Waals surface area (Å²) in [6.45, 7) is 0. The number of benzene rings is 1. The lowest BCUT2D eigenvalue weighted by atomic mass is 9.89. The number of thiocarbonyl (C=S) groups is 1. The van der Waals surface area contributed by atoms with Crippen LogP contribution < -0.4 is 10.5 Å². The van der Waals surface area contributed by atoms with Gasteiger partial charge in [-0.1, -0.05) is 42.5 Å². The predicted molar refractivity (Wildman–Crippen MR) is 82.9 cm³/mol. The zero-order valence-electron chi connectivity index (χ0n) is 11.1. The van der Waals surface area contributed by atoms with Crippen molar-refractivity contribution < 1.29 is 4.74 Å². The second-order valence-electron chi connectivity index (χ2n) is 4.92. The molecule has 0 bridgehead atoms. The summed E-state index contributed by atoms with van der Waals surface area (Å²) in [6, 6.07) is 13.9. The molecule has 2 N–H and O–H groups in total. The molecule has 1 atom stereocenters. The Bertz CT molecular complexity index is 642. The van der Waals surface area contributed by atoms with Gasteiger partial charge in [0.05, 0.1) is 0 Å². The van der Waals surface area contributed by atoms with Crippen molar-refractivity contribution in [2.45, 2.75) is 25.4 Å². The molecule has 1 aromatic heterocycles. The number of rotatable bonds is 3. The van der Waals surface area contributed by atoms with Gasteiger partial charge in [-0.05, 0) is 36.5 Å². The van der Waals surface area contributed by atoms with E-state index in [9.17, 15) is 0 Å². The van der Waals surface area contributed by atoms with Crippen LogP contribution in [0, 0.1) is 0 Å². The maximum Gasteiger partial charge on any atom is 0.214 e. The third kappa shape index (κ3) is 2.65. The smallest absolute Gasteiger partial charge is 0.214 e. The fourth-order valence-electron chi connectivity index (χ4n) is 2.60. The summed E-state index contributed by atoms with van der Waals surface area (Å²) in [4.78, 5) is 4.64. The summed E-state index contributed by atoms with van der Waals surface area (Å²) in [5, 5.41) is 0.